The van der Waals surface area contributed by atoms with Crippen LogP contribution in [0.2, 0.25) is 0 Å². The molecule has 39 heavy (non-hydrogen) atoms. The number of nitrogens with zero attached hydrogens (tertiary/aromatic N) is 3. The Morgan fingerprint density at radius 1 is 1.13 bits per heavy atom. The predicted molar refractivity (Wildman–Crippen MR) is 133 cm³/mol. The zero-order valence-corrected chi connectivity index (χ0v) is 22.0. The van der Waals surface area contributed by atoms with E-state index in [1.54, 1.807) is 27.7 Å². The normalized spacial score (nSPS) is 17.1. The number of amides is 2. The van der Waals surface area contributed by atoms with Crippen molar-refractivity contribution in [3.8, 4) is 6.07 Å². The minimum atomic E-state index is -4.72. The lowest BCUT2D eigenvalue weighted by Gasteiger charge is -2.50. The Hall–Kier alpha value is -4.33. The Balaban J connectivity index is 2.42. The lowest BCUT2D eigenvalue weighted by atomic mass is 9.82. The van der Waals surface area contributed by atoms with Gasteiger partial charge >= 0.3 is 18.2 Å². The zero-order chi connectivity index (χ0) is 29.3. The first-order valence-electron chi connectivity index (χ1n) is 12.0. The molecule has 2 atom stereocenters. The Labute approximate surface area is 223 Å². The second-order valence-corrected chi connectivity index (χ2v) is 10.0. The van der Waals surface area contributed by atoms with Crippen LogP contribution in [-0.2, 0) is 20.5 Å². The SMILES string of the molecule is CCOC(=O)C1=C(C)N(c2cccc(C(F)(F)F)c2)C(=O)N(C(C(=O)[O-])C(C)(C)C)[C@@H]1c1ccc(C#N)cc1. The minimum absolute atomic E-state index is 0.0330. The number of carbonyl (C=O) groups is 3. The maximum atomic E-state index is 14.2. The van der Waals surface area contributed by atoms with Gasteiger partial charge in [-0.3, -0.25) is 4.90 Å². The first-order chi connectivity index (χ1) is 18.1. The van der Waals surface area contributed by atoms with Gasteiger partial charge in [0.15, 0.2) is 0 Å². The van der Waals surface area contributed by atoms with E-state index in [4.69, 9.17) is 4.74 Å². The number of aliphatic carboxylic acids is 1. The van der Waals surface area contributed by atoms with Crippen molar-refractivity contribution in [2.75, 3.05) is 11.5 Å². The molecule has 0 aliphatic carbocycles. The summed E-state index contributed by atoms with van der Waals surface area (Å²) in [5, 5.41) is 21.8. The van der Waals surface area contributed by atoms with Crippen LogP contribution in [0.15, 0.2) is 59.8 Å². The van der Waals surface area contributed by atoms with Gasteiger partial charge in [-0.2, -0.15) is 18.4 Å². The van der Waals surface area contributed by atoms with Gasteiger partial charge in [0.2, 0.25) is 0 Å². The quantitative estimate of drug-likeness (QED) is 0.495. The second kappa shape index (κ2) is 10.8. The lowest BCUT2D eigenvalue weighted by molar-refractivity contribution is -0.314. The summed E-state index contributed by atoms with van der Waals surface area (Å²) in [5.74, 6) is -2.51. The highest BCUT2D eigenvalue weighted by Gasteiger charge is 2.49. The number of esters is 1. The second-order valence-electron chi connectivity index (χ2n) is 10.0. The molecular weight excluding hydrogens is 515 g/mol. The highest BCUT2D eigenvalue weighted by Crippen LogP contribution is 2.44. The summed E-state index contributed by atoms with van der Waals surface area (Å²) in [5.41, 5.74) is -1.99. The summed E-state index contributed by atoms with van der Waals surface area (Å²) in [6.45, 7) is 7.54. The Morgan fingerprint density at radius 3 is 2.23 bits per heavy atom. The molecule has 0 N–H and O–H groups in total. The third-order valence-corrected chi connectivity index (χ3v) is 6.29. The summed E-state index contributed by atoms with van der Waals surface area (Å²) >= 11 is 0. The zero-order valence-electron chi connectivity index (χ0n) is 22.0. The highest BCUT2D eigenvalue weighted by molar-refractivity contribution is 6.04. The Kier molecular flexibility index (Phi) is 8.10. The van der Waals surface area contributed by atoms with Crippen molar-refractivity contribution in [1.82, 2.24) is 4.90 Å². The number of benzene rings is 2. The molecule has 2 aromatic carbocycles. The van der Waals surface area contributed by atoms with Gasteiger partial charge < -0.3 is 19.5 Å². The lowest BCUT2D eigenvalue weighted by Crippen LogP contribution is -2.63. The molecule has 0 bridgehead atoms. The van der Waals surface area contributed by atoms with Crippen molar-refractivity contribution < 1.29 is 37.4 Å². The third kappa shape index (κ3) is 5.74. The van der Waals surface area contributed by atoms with Gasteiger partial charge in [0.05, 0.1) is 53.1 Å². The number of hydrogen-bond donors (Lipinski definition) is 0. The smallest absolute Gasteiger partial charge is 0.416 e. The van der Waals surface area contributed by atoms with E-state index in [0.29, 0.717) is 5.56 Å². The molecule has 11 heteroatoms. The van der Waals surface area contributed by atoms with E-state index in [-0.39, 0.29) is 29.1 Å². The number of carboxylic acid groups (broad SMARTS) is 1. The number of hydrogen-bond acceptors (Lipinski definition) is 6. The standard InChI is InChI=1S/C28H28F3N3O5/c1-6-39-25(37)21-16(2)33(20-9-7-8-19(14-20)28(29,30)31)26(38)34(23(24(35)36)27(3,4)5)22(21)18-12-10-17(15-32)11-13-18/h7-14,22-23H,6H2,1-5H3,(H,35,36)/p-1/t22-,23?/m1/s1. The van der Waals surface area contributed by atoms with Gasteiger partial charge in [-0.25, -0.2) is 9.59 Å². The molecule has 0 aromatic heterocycles. The van der Waals surface area contributed by atoms with E-state index in [1.165, 1.54) is 37.3 Å². The monoisotopic (exact) mass is 542 g/mol. The minimum Gasteiger partial charge on any atom is -0.548 e. The highest BCUT2D eigenvalue weighted by atomic mass is 19.4. The molecule has 1 aliphatic heterocycles. The molecule has 206 valence electrons. The van der Waals surface area contributed by atoms with Crippen molar-refractivity contribution in [1.29, 1.82) is 5.26 Å². The molecule has 3 rings (SSSR count). The van der Waals surface area contributed by atoms with Crippen LogP contribution in [0.5, 0.6) is 0 Å². The molecule has 0 spiro atoms. The van der Waals surface area contributed by atoms with Gasteiger partial charge in [-0.05, 0) is 55.2 Å². The number of carboxylic acids is 1. The molecule has 0 fully saturated rings. The number of alkyl halides is 3. The molecule has 2 aromatic rings. The van der Waals surface area contributed by atoms with Crippen molar-refractivity contribution in [2.45, 2.75) is 52.9 Å². The largest absolute Gasteiger partial charge is 0.548 e. The molecule has 8 nitrogen and oxygen atoms in total. The van der Waals surface area contributed by atoms with Gasteiger partial charge in [0, 0.05) is 5.70 Å². The van der Waals surface area contributed by atoms with E-state index in [1.807, 2.05) is 6.07 Å². The molecule has 0 radical (unpaired) electrons. The van der Waals surface area contributed by atoms with Crippen LogP contribution in [0.1, 0.15) is 57.4 Å². The van der Waals surface area contributed by atoms with Crippen LogP contribution >= 0.6 is 0 Å². The fourth-order valence-electron chi connectivity index (χ4n) is 4.63. The van der Waals surface area contributed by atoms with Crippen LogP contribution in [0.4, 0.5) is 23.7 Å². The van der Waals surface area contributed by atoms with Crippen LogP contribution in [0.3, 0.4) is 0 Å². The van der Waals surface area contributed by atoms with Gasteiger partial charge in [-0.15, -0.1) is 0 Å². The number of halogens is 3. The number of rotatable bonds is 6. The summed E-state index contributed by atoms with van der Waals surface area (Å²) in [6, 6.07) is 7.84. The van der Waals surface area contributed by atoms with Crippen molar-refractivity contribution in [3.63, 3.8) is 0 Å². The van der Waals surface area contributed by atoms with Crippen LogP contribution in [0.25, 0.3) is 0 Å². The predicted octanol–water partition coefficient (Wildman–Crippen LogP) is 4.56. The number of urea groups is 1. The van der Waals surface area contributed by atoms with E-state index in [9.17, 15) is 37.9 Å². The fourth-order valence-corrected chi connectivity index (χ4v) is 4.63. The topological polar surface area (TPSA) is 114 Å². The van der Waals surface area contributed by atoms with Gasteiger partial charge in [-0.1, -0.05) is 39.0 Å². The van der Waals surface area contributed by atoms with Gasteiger partial charge in [0.25, 0.3) is 0 Å². The molecule has 0 saturated heterocycles. The summed E-state index contributed by atoms with van der Waals surface area (Å²) in [6.07, 6.45) is -4.72. The van der Waals surface area contributed by atoms with Crippen LogP contribution in [0, 0.1) is 16.7 Å². The summed E-state index contributed by atoms with van der Waals surface area (Å²) in [4.78, 5) is 41.9. The average Bonchev–Trinajstić information content (AvgIpc) is 2.84. The summed E-state index contributed by atoms with van der Waals surface area (Å²) in [7, 11) is 0. The van der Waals surface area contributed by atoms with Gasteiger partial charge in [0.1, 0.15) is 0 Å². The van der Waals surface area contributed by atoms with Crippen molar-refractivity contribution in [3.05, 3.63) is 76.5 Å². The first kappa shape index (κ1) is 29.2. The van der Waals surface area contributed by atoms with E-state index in [2.05, 4.69) is 0 Å². The van der Waals surface area contributed by atoms with E-state index in [0.717, 1.165) is 28.0 Å². The molecule has 1 unspecified atom stereocenters. The third-order valence-electron chi connectivity index (χ3n) is 6.29. The molecule has 0 saturated carbocycles. The molecule has 1 aliphatic rings. The summed E-state index contributed by atoms with van der Waals surface area (Å²) < 4.78 is 45.9. The van der Waals surface area contributed by atoms with Crippen LogP contribution in [-0.4, -0.2) is 35.5 Å². The maximum Gasteiger partial charge on any atom is 0.416 e. The van der Waals surface area contributed by atoms with E-state index < -0.39 is 47.2 Å². The van der Waals surface area contributed by atoms with Crippen molar-refractivity contribution >= 4 is 23.7 Å². The maximum absolute atomic E-state index is 14.2. The first-order valence-corrected chi connectivity index (χ1v) is 12.0. The van der Waals surface area contributed by atoms with Crippen molar-refractivity contribution in [2.24, 2.45) is 5.41 Å². The Bertz CT molecular complexity index is 1350. The number of ether oxygens (including phenoxy) is 1. The number of allylic oxidation sites excluding steroid dienone is 1. The average molecular weight is 543 g/mol. The van der Waals surface area contributed by atoms with Crippen LogP contribution < -0.4 is 10.0 Å². The molecular formula is C28H27F3N3O5-. The fraction of sp³-hybridized carbons (Fsp3) is 0.357. The number of nitriles is 1. The number of carbonyl (C=O) groups excluding carboxylic acids is 3. The molecule has 2 amide bonds. The molecule has 1 heterocycles. The van der Waals surface area contributed by atoms with E-state index >= 15 is 0 Å². The number of anilines is 1. The Morgan fingerprint density at radius 2 is 1.74 bits per heavy atom.